The predicted octanol–water partition coefficient (Wildman–Crippen LogP) is 2.09. The molecule has 0 aliphatic rings. The van der Waals surface area contributed by atoms with Crippen LogP contribution in [0, 0.1) is 6.92 Å². The lowest BCUT2D eigenvalue weighted by atomic mass is 9.98. The van der Waals surface area contributed by atoms with E-state index in [2.05, 4.69) is 4.98 Å². The summed E-state index contributed by atoms with van der Waals surface area (Å²) >= 11 is 0. The first kappa shape index (κ1) is 13.4. The molecule has 0 radical (unpaired) electrons. The molecule has 1 heterocycles. The number of ether oxygens (including phenoxy) is 1. The molecule has 0 bridgehead atoms. The SMILES string of the molecule is CCOC(=O)CC(=O)c1cncc(C)c1CC. The van der Waals surface area contributed by atoms with E-state index in [1.165, 1.54) is 6.20 Å². The molecule has 1 rings (SSSR count). The van der Waals surface area contributed by atoms with Crippen LogP contribution in [0.5, 0.6) is 0 Å². The van der Waals surface area contributed by atoms with Crippen molar-refractivity contribution in [1.29, 1.82) is 0 Å². The molecule has 0 aliphatic carbocycles. The van der Waals surface area contributed by atoms with E-state index in [0.717, 1.165) is 17.5 Å². The number of rotatable bonds is 5. The number of esters is 1. The fourth-order valence-corrected chi connectivity index (χ4v) is 1.74. The predicted molar refractivity (Wildman–Crippen MR) is 63.9 cm³/mol. The number of hydrogen-bond donors (Lipinski definition) is 0. The molecule has 0 spiro atoms. The Morgan fingerprint density at radius 2 is 2.00 bits per heavy atom. The molecule has 0 aromatic carbocycles. The fourth-order valence-electron chi connectivity index (χ4n) is 1.74. The van der Waals surface area contributed by atoms with Crippen LogP contribution in [0.2, 0.25) is 0 Å². The summed E-state index contributed by atoms with van der Waals surface area (Å²) in [6.45, 7) is 5.89. The molecular formula is C13H17NO3. The summed E-state index contributed by atoms with van der Waals surface area (Å²) in [6, 6.07) is 0. The van der Waals surface area contributed by atoms with Crippen LogP contribution < -0.4 is 0 Å². The molecule has 0 N–H and O–H groups in total. The van der Waals surface area contributed by atoms with Crippen LogP contribution in [-0.4, -0.2) is 23.3 Å². The monoisotopic (exact) mass is 235 g/mol. The minimum absolute atomic E-state index is 0.216. The summed E-state index contributed by atoms with van der Waals surface area (Å²) in [5, 5.41) is 0. The van der Waals surface area contributed by atoms with Crippen molar-refractivity contribution in [1.82, 2.24) is 4.98 Å². The molecule has 0 saturated heterocycles. The minimum atomic E-state index is -0.485. The van der Waals surface area contributed by atoms with Gasteiger partial charge in [0.25, 0.3) is 0 Å². The largest absolute Gasteiger partial charge is 0.466 e. The average Bonchev–Trinajstić information content (AvgIpc) is 2.28. The Bertz CT molecular complexity index is 427. The van der Waals surface area contributed by atoms with Crippen LogP contribution in [-0.2, 0) is 16.0 Å². The Morgan fingerprint density at radius 1 is 1.29 bits per heavy atom. The highest BCUT2D eigenvalue weighted by Gasteiger charge is 2.16. The number of aryl methyl sites for hydroxylation is 1. The lowest BCUT2D eigenvalue weighted by molar-refractivity contribution is -0.141. The van der Waals surface area contributed by atoms with Crippen LogP contribution in [0.4, 0.5) is 0 Å². The third-order valence-electron chi connectivity index (χ3n) is 2.54. The number of nitrogens with zero attached hydrogens (tertiary/aromatic N) is 1. The fraction of sp³-hybridized carbons (Fsp3) is 0.462. The van der Waals surface area contributed by atoms with Crippen molar-refractivity contribution in [3.8, 4) is 0 Å². The Kier molecular flexibility index (Phi) is 4.82. The van der Waals surface area contributed by atoms with Gasteiger partial charge in [-0.15, -0.1) is 0 Å². The lowest BCUT2D eigenvalue weighted by Gasteiger charge is -2.08. The molecule has 1 aromatic heterocycles. The normalized spacial score (nSPS) is 10.1. The summed E-state index contributed by atoms with van der Waals surface area (Å²) in [5.74, 6) is -0.711. The highest BCUT2D eigenvalue weighted by molar-refractivity contribution is 6.06. The average molecular weight is 235 g/mol. The molecule has 92 valence electrons. The van der Waals surface area contributed by atoms with Gasteiger partial charge in [-0.3, -0.25) is 14.6 Å². The molecule has 0 amide bonds. The number of pyridine rings is 1. The number of hydrogen-bond acceptors (Lipinski definition) is 4. The summed E-state index contributed by atoms with van der Waals surface area (Å²) < 4.78 is 4.76. The van der Waals surface area contributed by atoms with Gasteiger partial charge in [-0.25, -0.2) is 0 Å². The summed E-state index contributed by atoms with van der Waals surface area (Å²) in [7, 11) is 0. The topological polar surface area (TPSA) is 56.3 Å². The van der Waals surface area contributed by atoms with Gasteiger partial charge in [0.2, 0.25) is 0 Å². The zero-order chi connectivity index (χ0) is 12.8. The van der Waals surface area contributed by atoms with Crippen LogP contribution in [0.15, 0.2) is 12.4 Å². The van der Waals surface area contributed by atoms with Crippen molar-refractivity contribution >= 4 is 11.8 Å². The van der Waals surface area contributed by atoms with Crippen LogP contribution in [0.25, 0.3) is 0 Å². The van der Waals surface area contributed by atoms with E-state index in [-0.39, 0.29) is 12.2 Å². The molecule has 1 aromatic rings. The Hall–Kier alpha value is -1.71. The van der Waals surface area contributed by atoms with Gasteiger partial charge in [-0.05, 0) is 31.4 Å². The lowest BCUT2D eigenvalue weighted by Crippen LogP contribution is -2.13. The number of aromatic nitrogens is 1. The van der Waals surface area contributed by atoms with Gasteiger partial charge in [-0.1, -0.05) is 6.92 Å². The standard InChI is InChI=1S/C13H17NO3/c1-4-10-9(3)7-14-8-11(10)12(15)6-13(16)17-5-2/h7-8H,4-6H2,1-3H3. The van der Waals surface area contributed by atoms with E-state index in [9.17, 15) is 9.59 Å². The van der Waals surface area contributed by atoms with Crippen LogP contribution in [0.3, 0.4) is 0 Å². The van der Waals surface area contributed by atoms with Gasteiger partial charge in [-0.2, -0.15) is 0 Å². The van der Waals surface area contributed by atoms with Gasteiger partial charge in [0.15, 0.2) is 5.78 Å². The maximum Gasteiger partial charge on any atom is 0.313 e. The number of ketones is 1. The number of carbonyl (C=O) groups is 2. The van der Waals surface area contributed by atoms with Crippen molar-refractivity contribution < 1.29 is 14.3 Å². The van der Waals surface area contributed by atoms with Crippen molar-refractivity contribution in [3.05, 3.63) is 29.1 Å². The van der Waals surface area contributed by atoms with Crippen molar-refractivity contribution in [3.63, 3.8) is 0 Å². The second kappa shape index (κ2) is 6.13. The zero-order valence-electron chi connectivity index (χ0n) is 10.4. The first-order valence-corrected chi connectivity index (χ1v) is 5.72. The first-order chi connectivity index (χ1) is 8.10. The third kappa shape index (κ3) is 3.37. The second-order valence-corrected chi connectivity index (χ2v) is 3.74. The van der Waals surface area contributed by atoms with E-state index in [1.54, 1.807) is 13.1 Å². The van der Waals surface area contributed by atoms with E-state index in [1.807, 2.05) is 13.8 Å². The Balaban J connectivity index is 2.89. The van der Waals surface area contributed by atoms with Crippen LogP contribution >= 0.6 is 0 Å². The van der Waals surface area contributed by atoms with E-state index in [4.69, 9.17) is 4.74 Å². The van der Waals surface area contributed by atoms with E-state index < -0.39 is 5.97 Å². The molecular weight excluding hydrogens is 218 g/mol. The molecule has 0 saturated carbocycles. The molecule has 4 heteroatoms. The third-order valence-corrected chi connectivity index (χ3v) is 2.54. The van der Waals surface area contributed by atoms with Crippen molar-refractivity contribution in [2.45, 2.75) is 33.6 Å². The molecule has 4 nitrogen and oxygen atoms in total. The Morgan fingerprint density at radius 3 is 2.59 bits per heavy atom. The van der Waals surface area contributed by atoms with Gasteiger partial charge in [0.1, 0.15) is 6.42 Å². The molecule has 17 heavy (non-hydrogen) atoms. The van der Waals surface area contributed by atoms with Gasteiger partial charge < -0.3 is 4.74 Å². The van der Waals surface area contributed by atoms with Crippen molar-refractivity contribution in [2.24, 2.45) is 0 Å². The second-order valence-electron chi connectivity index (χ2n) is 3.74. The minimum Gasteiger partial charge on any atom is -0.466 e. The quantitative estimate of drug-likeness (QED) is 0.445. The van der Waals surface area contributed by atoms with Gasteiger partial charge in [0, 0.05) is 18.0 Å². The molecule has 0 fully saturated rings. The Labute approximate surface area is 101 Å². The van der Waals surface area contributed by atoms with E-state index >= 15 is 0 Å². The summed E-state index contributed by atoms with van der Waals surface area (Å²) in [6.07, 6.45) is 3.78. The van der Waals surface area contributed by atoms with Crippen molar-refractivity contribution in [2.75, 3.05) is 6.61 Å². The maximum absolute atomic E-state index is 11.9. The highest BCUT2D eigenvalue weighted by atomic mass is 16.5. The van der Waals surface area contributed by atoms with Gasteiger partial charge >= 0.3 is 5.97 Å². The summed E-state index contributed by atoms with van der Waals surface area (Å²) in [5.41, 5.74) is 2.46. The number of carbonyl (C=O) groups excluding carboxylic acids is 2. The highest BCUT2D eigenvalue weighted by Crippen LogP contribution is 2.15. The maximum atomic E-state index is 11.9. The summed E-state index contributed by atoms with van der Waals surface area (Å²) in [4.78, 5) is 27.2. The number of Topliss-reactive ketones (excluding diaryl/α,β-unsaturated/α-hetero) is 1. The van der Waals surface area contributed by atoms with E-state index in [0.29, 0.717) is 12.2 Å². The smallest absolute Gasteiger partial charge is 0.313 e. The molecule has 0 aliphatic heterocycles. The van der Waals surface area contributed by atoms with Crippen LogP contribution in [0.1, 0.15) is 41.8 Å². The zero-order valence-corrected chi connectivity index (χ0v) is 10.4. The molecule has 0 unspecified atom stereocenters. The first-order valence-electron chi connectivity index (χ1n) is 5.72. The van der Waals surface area contributed by atoms with Gasteiger partial charge in [0.05, 0.1) is 6.61 Å². The molecule has 0 atom stereocenters.